The van der Waals surface area contributed by atoms with Gasteiger partial charge in [-0.25, -0.2) is 4.39 Å². The predicted octanol–water partition coefficient (Wildman–Crippen LogP) is 4.10. The van der Waals surface area contributed by atoms with Crippen LogP contribution in [0.15, 0.2) is 41.4 Å². The Labute approximate surface area is 207 Å². The lowest BCUT2D eigenvalue weighted by Crippen LogP contribution is -2.36. The number of halogens is 2. The van der Waals surface area contributed by atoms with E-state index in [9.17, 15) is 4.39 Å². The second kappa shape index (κ2) is 12.8. The molecule has 1 saturated heterocycles. The van der Waals surface area contributed by atoms with Crippen molar-refractivity contribution in [2.45, 2.75) is 26.4 Å². The zero-order valence-electron chi connectivity index (χ0n) is 19.3. The van der Waals surface area contributed by atoms with Crippen molar-refractivity contribution < 1.29 is 13.9 Å². The zero-order chi connectivity index (χ0) is 22.2. The summed E-state index contributed by atoms with van der Waals surface area (Å²) in [6.07, 6.45) is 1.05. The number of aryl methyl sites for hydroxylation is 1. The molecule has 1 aliphatic heterocycles. The lowest BCUT2D eigenvalue weighted by Gasteiger charge is -2.17. The normalized spacial score (nSPS) is 15.8. The first-order valence-corrected chi connectivity index (χ1v) is 10.7. The predicted molar refractivity (Wildman–Crippen MR) is 139 cm³/mol. The molecule has 176 valence electrons. The number of anilines is 1. The Hall–Kier alpha value is -2.07. The average Bonchev–Trinajstić information content (AvgIpc) is 3.27. The van der Waals surface area contributed by atoms with E-state index in [0.29, 0.717) is 37.3 Å². The maximum atomic E-state index is 14.2. The summed E-state index contributed by atoms with van der Waals surface area (Å²) in [5, 5.41) is 6.56. The van der Waals surface area contributed by atoms with Crippen molar-refractivity contribution >= 4 is 35.6 Å². The fraction of sp³-hybridized carbons (Fsp3) is 0.458. The summed E-state index contributed by atoms with van der Waals surface area (Å²) in [7, 11) is 5.37. The Balaban J connectivity index is 0.00000363. The molecule has 3 rings (SSSR count). The van der Waals surface area contributed by atoms with Gasteiger partial charge in [0.25, 0.3) is 0 Å². The minimum atomic E-state index is -0.235. The van der Waals surface area contributed by atoms with Crippen molar-refractivity contribution in [3.05, 3.63) is 58.9 Å². The molecule has 1 fully saturated rings. The highest BCUT2D eigenvalue weighted by atomic mass is 127. The molecule has 0 amide bonds. The van der Waals surface area contributed by atoms with Gasteiger partial charge in [-0.05, 0) is 42.7 Å². The van der Waals surface area contributed by atoms with Crippen LogP contribution in [0.25, 0.3) is 0 Å². The van der Waals surface area contributed by atoms with Gasteiger partial charge in [0.05, 0.1) is 18.9 Å². The Morgan fingerprint density at radius 3 is 2.62 bits per heavy atom. The van der Waals surface area contributed by atoms with Gasteiger partial charge >= 0.3 is 0 Å². The molecule has 1 heterocycles. The number of guanidine groups is 1. The molecule has 2 aromatic rings. The van der Waals surface area contributed by atoms with Gasteiger partial charge in [-0.2, -0.15) is 0 Å². The molecule has 0 radical (unpaired) electrons. The van der Waals surface area contributed by atoms with Crippen molar-refractivity contribution in [3.8, 4) is 5.75 Å². The second-order valence-corrected chi connectivity index (χ2v) is 8.11. The van der Waals surface area contributed by atoms with Crippen molar-refractivity contribution in [3.63, 3.8) is 0 Å². The van der Waals surface area contributed by atoms with E-state index in [1.165, 1.54) is 0 Å². The molecule has 0 spiro atoms. The standard InChI is InChI=1S/C24H33FN4O2.HI/c1-17-5-7-20(23(11-17)31-16-19-9-10-30-15-19)14-28-24(26-2)27-13-18-6-8-22(29(3)4)21(25)12-18;/h5-8,11-12,19H,9-10,13-16H2,1-4H3,(H2,26,27,28);1H. The minimum absolute atomic E-state index is 0. The molecule has 0 aromatic heterocycles. The Bertz CT molecular complexity index is 902. The summed E-state index contributed by atoms with van der Waals surface area (Å²) in [5.74, 6) is 1.75. The first kappa shape index (κ1) is 26.2. The van der Waals surface area contributed by atoms with Crippen LogP contribution >= 0.6 is 24.0 Å². The summed E-state index contributed by atoms with van der Waals surface area (Å²) < 4.78 is 25.8. The molecule has 6 nitrogen and oxygen atoms in total. The topological polar surface area (TPSA) is 58.1 Å². The fourth-order valence-electron chi connectivity index (χ4n) is 3.47. The largest absolute Gasteiger partial charge is 0.493 e. The Morgan fingerprint density at radius 2 is 1.97 bits per heavy atom. The lowest BCUT2D eigenvalue weighted by atomic mass is 10.1. The van der Waals surface area contributed by atoms with E-state index in [-0.39, 0.29) is 29.8 Å². The molecule has 0 aliphatic carbocycles. The summed E-state index contributed by atoms with van der Waals surface area (Å²) in [4.78, 5) is 6.04. The number of nitrogens with one attached hydrogen (secondary N) is 2. The third-order valence-electron chi connectivity index (χ3n) is 5.34. The summed E-state index contributed by atoms with van der Waals surface area (Å²) in [5.41, 5.74) is 3.65. The number of nitrogens with zero attached hydrogens (tertiary/aromatic N) is 2. The van der Waals surface area contributed by atoms with E-state index in [4.69, 9.17) is 9.47 Å². The number of rotatable bonds is 8. The zero-order valence-corrected chi connectivity index (χ0v) is 21.6. The quantitative estimate of drug-likeness (QED) is 0.292. The number of aliphatic imine (C=N–C) groups is 1. The first-order valence-electron chi connectivity index (χ1n) is 10.7. The average molecular weight is 556 g/mol. The van der Waals surface area contributed by atoms with E-state index in [1.807, 2.05) is 20.2 Å². The van der Waals surface area contributed by atoms with Crippen LogP contribution in [0.4, 0.5) is 10.1 Å². The van der Waals surface area contributed by atoms with E-state index >= 15 is 0 Å². The van der Waals surface area contributed by atoms with Crippen LogP contribution in [-0.2, 0) is 17.8 Å². The molecule has 1 aliphatic rings. The van der Waals surface area contributed by atoms with Crippen molar-refractivity contribution in [1.82, 2.24) is 10.6 Å². The number of hydrogen-bond acceptors (Lipinski definition) is 4. The smallest absolute Gasteiger partial charge is 0.191 e. The summed E-state index contributed by atoms with van der Waals surface area (Å²) in [6.45, 7) is 5.36. The van der Waals surface area contributed by atoms with E-state index in [2.05, 4.69) is 40.7 Å². The number of hydrogen-bond donors (Lipinski definition) is 2. The van der Waals surface area contributed by atoms with E-state index < -0.39 is 0 Å². The van der Waals surface area contributed by atoms with Gasteiger partial charge in [0, 0.05) is 52.3 Å². The molecule has 0 bridgehead atoms. The number of benzene rings is 2. The lowest BCUT2D eigenvalue weighted by molar-refractivity contribution is 0.166. The third kappa shape index (κ3) is 7.51. The minimum Gasteiger partial charge on any atom is -0.493 e. The van der Waals surface area contributed by atoms with Crippen molar-refractivity contribution in [1.29, 1.82) is 0 Å². The van der Waals surface area contributed by atoms with E-state index in [0.717, 1.165) is 42.1 Å². The van der Waals surface area contributed by atoms with Gasteiger partial charge in [0.15, 0.2) is 5.96 Å². The summed E-state index contributed by atoms with van der Waals surface area (Å²) in [6, 6.07) is 11.5. The van der Waals surface area contributed by atoms with Gasteiger partial charge in [-0.3, -0.25) is 4.99 Å². The maximum Gasteiger partial charge on any atom is 0.191 e. The van der Waals surface area contributed by atoms with Crippen molar-refractivity contribution in [2.24, 2.45) is 10.9 Å². The van der Waals surface area contributed by atoms with Gasteiger partial charge in [0.2, 0.25) is 0 Å². The van der Waals surface area contributed by atoms with Gasteiger partial charge in [-0.1, -0.05) is 18.2 Å². The molecule has 0 saturated carbocycles. The molecule has 1 atom stereocenters. The van der Waals surface area contributed by atoms with Gasteiger partial charge < -0.3 is 25.0 Å². The van der Waals surface area contributed by atoms with Crippen molar-refractivity contribution in [2.75, 3.05) is 45.9 Å². The molecule has 1 unspecified atom stereocenters. The van der Waals surface area contributed by atoms with Crippen LogP contribution in [0.2, 0.25) is 0 Å². The SMILES string of the molecule is CN=C(NCc1ccc(N(C)C)c(F)c1)NCc1ccc(C)cc1OCC1CCOC1.I. The molecule has 2 N–H and O–H groups in total. The molecule has 8 heteroatoms. The number of ether oxygens (including phenoxy) is 2. The highest BCUT2D eigenvalue weighted by Crippen LogP contribution is 2.23. The van der Waals surface area contributed by atoms with Crippen LogP contribution in [0.5, 0.6) is 5.75 Å². The highest BCUT2D eigenvalue weighted by Gasteiger charge is 2.17. The monoisotopic (exact) mass is 556 g/mol. The molecule has 32 heavy (non-hydrogen) atoms. The Morgan fingerprint density at radius 1 is 1.19 bits per heavy atom. The second-order valence-electron chi connectivity index (χ2n) is 8.11. The first-order chi connectivity index (χ1) is 15.0. The maximum absolute atomic E-state index is 14.2. The molecular formula is C24H34FIN4O2. The van der Waals surface area contributed by atoms with Crippen LogP contribution < -0.4 is 20.3 Å². The Kier molecular flexibility index (Phi) is 10.5. The summed E-state index contributed by atoms with van der Waals surface area (Å²) >= 11 is 0. The third-order valence-corrected chi connectivity index (χ3v) is 5.34. The van der Waals surface area contributed by atoms with Gasteiger partial charge in [0.1, 0.15) is 11.6 Å². The van der Waals surface area contributed by atoms with Crippen LogP contribution in [0, 0.1) is 18.7 Å². The highest BCUT2D eigenvalue weighted by molar-refractivity contribution is 14.0. The molecule has 2 aromatic carbocycles. The van der Waals surface area contributed by atoms with Crippen LogP contribution in [0.1, 0.15) is 23.1 Å². The molecular weight excluding hydrogens is 522 g/mol. The fourth-order valence-corrected chi connectivity index (χ4v) is 3.47. The van der Waals surface area contributed by atoms with E-state index in [1.54, 1.807) is 24.1 Å². The van der Waals surface area contributed by atoms with Crippen LogP contribution in [0.3, 0.4) is 0 Å². The van der Waals surface area contributed by atoms with Crippen LogP contribution in [-0.4, -0.2) is 46.9 Å². The van der Waals surface area contributed by atoms with Gasteiger partial charge in [-0.15, -0.1) is 24.0 Å².